The van der Waals surface area contributed by atoms with E-state index in [0.717, 1.165) is 18.4 Å². The molecule has 3 aromatic carbocycles. The van der Waals surface area contributed by atoms with Crippen LogP contribution in [-0.4, -0.2) is 39.3 Å². The minimum absolute atomic E-state index is 0.00895. The van der Waals surface area contributed by atoms with Gasteiger partial charge < -0.3 is 10.1 Å². The van der Waals surface area contributed by atoms with E-state index in [0.29, 0.717) is 34.1 Å². The van der Waals surface area contributed by atoms with Crippen LogP contribution in [0.25, 0.3) is 0 Å². The van der Waals surface area contributed by atoms with E-state index in [-0.39, 0.29) is 29.2 Å². The van der Waals surface area contributed by atoms with Gasteiger partial charge in [0.25, 0.3) is 17.6 Å². The lowest BCUT2D eigenvalue weighted by molar-refractivity contribution is -0.534. The molecule has 194 valence electrons. The highest BCUT2D eigenvalue weighted by Crippen LogP contribution is 2.58. The molecular weight excluding hydrogens is 512 g/mol. The molecule has 2 fully saturated rings. The molecule has 1 spiro atoms. The Morgan fingerprint density at radius 2 is 1.84 bits per heavy atom. The average molecular weight is 535 g/mol. The van der Waals surface area contributed by atoms with Crippen LogP contribution >= 0.6 is 11.6 Å². The number of ether oxygens (including phenoxy) is 1. The lowest BCUT2D eigenvalue weighted by Crippen LogP contribution is -2.55. The number of carbonyl (C=O) groups excluding carboxylic acids is 1. The standard InChI is InChI=1S/C27H23ClN4O6/c28-20-14-17(9-12-23(20)38-15-16-7-10-18(11-8-16)31(34)35)24-22-6-3-13-30(22)27(25(24)32(36)37)19-4-1-2-5-21(19)29-26(27)33/h1-2,4-5,7-12,14,22,24-25H,3,6,13,15H2,(H,29,33)/t22-,24+,25-,27+/m1/s1. The van der Waals surface area contributed by atoms with E-state index in [1.165, 1.54) is 12.1 Å². The maximum Gasteiger partial charge on any atom is 0.269 e. The fourth-order valence-electron chi connectivity index (χ4n) is 6.49. The second kappa shape index (κ2) is 9.07. The van der Waals surface area contributed by atoms with E-state index in [2.05, 4.69) is 5.32 Å². The maximum absolute atomic E-state index is 13.5. The molecule has 1 amide bonds. The van der Waals surface area contributed by atoms with Crippen LogP contribution in [0.2, 0.25) is 5.02 Å². The smallest absolute Gasteiger partial charge is 0.269 e. The Labute approximate surface area is 222 Å². The van der Waals surface area contributed by atoms with Gasteiger partial charge in [0.15, 0.2) is 5.54 Å². The summed E-state index contributed by atoms with van der Waals surface area (Å²) in [5.74, 6) is -0.513. The molecule has 1 N–H and O–H groups in total. The van der Waals surface area contributed by atoms with Gasteiger partial charge in [-0.2, -0.15) is 0 Å². The molecule has 11 heteroatoms. The molecule has 0 saturated carbocycles. The quantitative estimate of drug-likeness (QED) is 0.352. The number of rotatable bonds is 6. The first-order valence-electron chi connectivity index (χ1n) is 12.3. The van der Waals surface area contributed by atoms with Crippen molar-refractivity contribution in [2.24, 2.45) is 0 Å². The van der Waals surface area contributed by atoms with Crippen LogP contribution in [0.1, 0.15) is 35.4 Å². The number of nitrogens with one attached hydrogen (secondary N) is 1. The molecule has 0 aromatic heterocycles. The summed E-state index contributed by atoms with van der Waals surface area (Å²) in [5, 5.41) is 26.8. The first-order valence-corrected chi connectivity index (χ1v) is 12.7. The molecule has 10 nitrogen and oxygen atoms in total. The van der Waals surface area contributed by atoms with Gasteiger partial charge in [-0.25, -0.2) is 0 Å². The summed E-state index contributed by atoms with van der Waals surface area (Å²) >= 11 is 6.59. The zero-order valence-corrected chi connectivity index (χ0v) is 20.8. The number of anilines is 1. The highest BCUT2D eigenvalue weighted by molar-refractivity contribution is 6.32. The van der Waals surface area contributed by atoms with Crippen molar-refractivity contribution in [3.63, 3.8) is 0 Å². The van der Waals surface area contributed by atoms with Gasteiger partial charge in [0.2, 0.25) is 0 Å². The third-order valence-corrected chi connectivity index (χ3v) is 8.27. The number of fused-ring (bicyclic) bond motifs is 4. The first kappa shape index (κ1) is 24.3. The number of nitrogens with zero attached hydrogens (tertiary/aromatic N) is 3. The van der Waals surface area contributed by atoms with Crippen LogP contribution in [0, 0.1) is 20.2 Å². The summed E-state index contributed by atoms with van der Waals surface area (Å²) in [6.07, 6.45) is 1.58. The van der Waals surface area contributed by atoms with Crippen molar-refractivity contribution < 1.29 is 19.4 Å². The molecule has 3 aromatic rings. The molecule has 38 heavy (non-hydrogen) atoms. The Morgan fingerprint density at radius 1 is 1.08 bits per heavy atom. The first-order chi connectivity index (χ1) is 18.3. The molecule has 6 rings (SSSR count). The topological polar surface area (TPSA) is 128 Å². The fraction of sp³-hybridized carbons (Fsp3) is 0.296. The van der Waals surface area contributed by atoms with Crippen LogP contribution in [0.4, 0.5) is 11.4 Å². The summed E-state index contributed by atoms with van der Waals surface area (Å²) in [5.41, 5.74) is 1.28. The van der Waals surface area contributed by atoms with E-state index < -0.39 is 22.4 Å². The van der Waals surface area contributed by atoms with Gasteiger partial charge in [0.1, 0.15) is 12.4 Å². The lowest BCUT2D eigenvalue weighted by Gasteiger charge is -2.32. The van der Waals surface area contributed by atoms with Crippen molar-refractivity contribution >= 4 is 28.9 Å². The molecule has 2 saturated heterocycles. The van der Waals surface area contributed by atoms with Crippen molar-refractivity contribution in [3.8, 4) is 5.75 Å². The Bertz CT molecular complexity index is 1460. The summed E-state index contributed by atoms with van der Waals surface area (Å²) in [4.78, 5) is 38.4. The van der Waals surface area contributed by atoms with Gasteiger partial charge in [0, 0.05) is 40.9 Å². The van der Waals surface area contributed by atoms with Crippen LogP contribution in [-0.2, 0) is 16.9 Å². The molecule has 0 unspecified atom stereocenters. The second-order valence-electron chi connectivity index (χ2n) is 9.83. The lowest BCUT2D eigenvalue weighted by atomic mass is 9.77. The second-order valence-corrected chi connectivity index (χ2v) is 10.2. The highest BCUT2D eigenvalue weighted by atomic mass is 35.5. The summed E-state index contributed by atoms with van der Waals surface area (Å²) in [7, 11) is 0. The molecule has 0 bridgehead atoms. The maximum atomic E-state index is 13.5. The van der Waals surface area contributed by atoms with Crippen molar-refractivity contribution in [2.45, 2.75) is 43.0 Å². The van der Waals surface area contributed by atoms with Crippen molar-refractivity contribution in [1.82, 2.24) is 4.90 Å². The minimum Gasteiger partial charge on any atom is -0.487 e. The van der Waals surface area contributed by atoms with Crippen LogP contribution < -0.4 is 10.1 Å². The number of halogens is 1. The van der Waals surface area contributed by atoms with Gasteiger partial charge >= 0.3 is 0 Å². The third kappa shape index (κ3) is 3.55. The molecule has 4 atom stereocenters. The Hall–Kier alpha value is -4.02. The summed E-state index contributed by atoms with van der Waals surface area (Å²) in [6.45, 7) is 0.742. The molecule has 3 aliphatic rings. The molecule has 3 aliphatic heterocycles. The number of benzene rings is 3. The molecule has 3 heterocycles. The van der Waals surface area contributed by atoms with Crippen molar-refractivity contribution in [3.05, 3.63) is 109 Å². The molecular formula is C27H23ClN4O6. The van der Waals surface area contributed by atoms with Crippen molar-refractivity contribution in [2.75, 3.05) is 11.9 Å². The van der Waals surface area contributed by atoms with Gasteiger partial charge in [0.05, 0.1) is 15.9 Å². The van der Waals surface area contributed by atoms with Crippen LogP contribution in [0.5, 0.6) is 5.75 Å². The number of para-hydroxylation sites is 1. The number of hydrogen-bond donors (Lipinski definition) is 1. The number of amides is 1. The largest absolute Gasteiger partial charge is 0.487 e. The Kier molecular flexibility index (Phi) is 5.81. The predicted molar refractivity (Wildman–Crippen MR) is 139 cm³/mol. The van der Waals surface area contributed by atoms with Crippen LogP contribution in [0.15, 0.2) is 66.7 Å². The van der Waals surface area contributed by atoms with E-state index in [4.69, 9.17) is 16.3 Å². The van der Waals surface area contributed by atoms with E-state index in [1.807, 2.05) is 23.1 Å². The monoisotopic (exact) mass is 534 g/mol. The number of nitro benzene ring substituents is 1. The highest BCUT2D eigenvalue weighted by Gasteiger charge is 2.73. The Balaban J connectivity index is 1.33. The van der Waals surface area contributed by atoms with Gasteiger partial charge in [-0.3, -0.25) is 29.9 Å². The minimum atomic E-state index is -1.39. The van der Waals surface area contributed by atoms with Gasteiger partial charge in [-0.15, -0.1) is 0 Å². The fourth-order valence-corrected chi connectivity index (χ4v) is 6.74. The summed E-state index contributed by atoms with van der Waals surface area (Å²) < 4.78 is 5.85. The normalized spacial score (nSPS) is 25.7. The Morgan fingerprint density at radius 3 is 2.55 bits per heavy atom. The van der Waals surface area contributed by atoms with E-state index in [9.17, 15) is 25.0 Å². The molecule has 0 radical (unpaired) electrons. The summed E-state index contributed by atoms with van der Waals surface area (Å²) in [6, 6.07) is 17.0. The zero-order chi connectivity index (χ0) is 26.6. The van der Waals surface area contributed by atoms with Gasteiger partial charge in [-0.1, -0.05) is 35.9 Å². The molecule has 0 aliphatic carbocycles. The average Bonchev–Trinajstić information content (AvgIpc) is 3.56. The van der Waals surface area contributed by atoms with Gasteiger partial charge in [-0.05, 0) is 54.3 Å². The predicted octanol–water partition coefficient (Wildman–Crippen LogP) is 4.88. The SMILES string of the molecule is O=C1Nc2ccccc2[C@]12[C@H]([N+](=O)[O-])[C@@H](c1ccc(OCc3ccc([N+](=O)[O-])cc3)c(Cl)c1)[C@H]1CCCN12. The zero-order valence-electron chi connectivity index (χ0n) is 20.1. The van der Waals surface area contributed by atoms with E-state index in [1.54, 1.807) is 36.4 Å². The van der Waals surface area contributed by atoms with Crippen LogP contribution in [0.3, 0.4) is 0 Å². The number of nitro groups is 2. The number of carbonyl (C=O) groups is 1. The third-order valence-electron chi connectivity index (χ3n) is 7.98. The number of non-ortho nitro benzene ring substituents is 1. The number of hydrogen-bond acceptors (Lipinski definition) is 7. The van der Waals surface area contributed by atoms with Crippen molar-refractivity contribution in [1.29, 1.82) is 0 Å². The van der Waals surface area contributed by atoms with E-state index >= 15 is 0 Å².